The van der Waals surface area contributed by atoms with Crippen molar-refractivity contribution in [2.24, 2.45) is 14.1 Å². The Morgan fingerprint density at radius 1 is 1.06 bits per heavy atom. The maximum Gasteiger partial charge on any atom is 0.252 e. The highest BCUT2D eigenvalue weighted by Crippen LogP contribution is 2.42. The summed E-state index contributed by atoms with van der Waals surface area (Å²) in [6, 6.07) is 16.6. The van der Waals surface area contributed by atoms with Gasteiger partial charge in [0, 0.05) is 47.9 Å². The van der Waals surface area contributed by atoms with Crippen LogP contribution >= 0.6 is 11.6 Å². The zero-order valence-electron chi connectivity index (χ0n) is 18.8. The maximum absolute atomic E-state index is 17.3. The Bertz CT molecular complexity index is 1690. The van der Waals surface area contributed by atoms with Crippen LogP contribution in [0.1, 0.15) is 22.5 Å². The first-order valence-electron chi connectivity index (χ1n) is 10.6. The Balaban J connectivity index is 1.84. The van der Waals surface area contributed by atoms with Crippen LogP contribution in [-0.4, -0.2) is 24.1 Å². The van der Waals surface area contributed by atoms with E-state index >= 15 is 4.39 Å². The molecule has 0 amide bonds. The molecule has 4 heterocycles. The second kappa shape index (κ2) is 8.46. The van der Waals surface area contributed by atoms with Crippen molar-refractivity contribution in [1.29, 1.82) is 5.26 Å². The molecule has 0 N–H and O–H groups in total. The second-order valence-corrected chi connectivity index (χ2v) is 8.56. The molecule has 4 aromatic heterocycles. The van der Waals surface area contributed by atoms with Crippen molar-refractivity contribution in [2.45, 2.75) is 5.67 Å². The molecule has 0 saturated carbocycles. The van der Waals surface area contributed by atoms with E-state index in [-0.39, 0.29) is 16.8 Å². The first-order chi connectivity index (χ1) is 16.8. The Morgan fingerprint density at radius 3 is 2.51 bits per heavy atom. The number of hydrogen-bond donors (Lipinski definition) is 0. The van der Waals surface area contributed by atoms with E-state index in [9.17, 15) is 10.1 Å². The lowest BCUT2D eigenvalue weighted by Crippen LogP contribution is -2.27. The topological polar surface area (TPSA) is 89.4 Å². The second-order valence-electron chi connectivity index (χ2n) is 8.13. The SMILES string of the molecule is Cn1cncc1C(F)(c1ccc(Cl)cc1)c1cnc2c(c1)c(-c1cccc(C#N)n1)cc(=O)n2C. The highest BCUT2D eigenvalue weighted by Gasteiger charge is 2.40. The fourth-order valence-corrected chi connectivity index (χ4v) is 4.33. The number of aryl methyl sites for hydroxylation is 2. The molecule has 172 valence electrons. The molecular weight excluding hydrogens is 467 g/mol. The largest absolute Gasteiger partial charge is 0.334 e. The number of nitrogens with zero attached hydrogens (tertiary/aromatic N) is 6. The molecule has 1 unspecified atom stereocenters. The van der Waals surface area contributed by atoms with Crippen molar-refractivity contribution in [3.8, 4) is 17.3 Å². The first-order valence-corrected chi connectivity index (χ1v) is 11.0. The highest BCUT2D eigenvalue weighted by atomic mass is 35.5. The van der Waals surface area contributed by atoms with Crippen LogP contribution in [0.5, 0.6) is 0 Å². The van der Waals surface area contributed by atoms with Crippen LogP contribution in [0.4, 0.5) is 4.39 Å². The fraction of sp³-hybridized carbons (Fsp3) is 0.115. The minimum absolute atomic E-state index is 0.205. The number of rotatable bonds is 4. The number of alkyl halides is 1. The smallest absolute Gasteiger partial charge is 0.252 e. The van der Waals surface area contributed by atoms with Crippen molar-refractivity contribution in [1.82, 2.24) is 24.1 Å². The molecule has 5 aromatic rings. The molecule has 1 atom stereocenters. The Morgan fingerprint density at radius 2 is 1.83 bits per heavy atom. The van der Waals surface area contributed by atoms with Crippen LogP contribution in [0, 0.1) is 11.3 Å². The van der Waals surface area contributed by atoms with Gasteiger partial charge in [-0.3, -0.25) is 9.36 Å². The summed E-state index contributed by atoms with van der Waals surface area (Å²) in [5, 5.41) is 10.3. The van der Waals surface area contributed by atoms with Crippen molar-refractivity contribution in [3.05, 3.63) is 111 Å². The molecule has 35 heavy (non-hydrogen) atoms. The summed E-state index contributed by atoms with van der Waals surface area (Å²) < 4.78 is 20.3. The molecule has 0 aliphatic heterocycles. The van der Waals surface area contributed by atoms with Gasteiger partial charge in [-0.25, -0.2) is 19.3 Å². The lowest BCUT2D eigenvalue weighted by Gasteiger charge is -2.27. The summed E-state index contributed by atoms with van der Waals surface area (Å²) in [6.07, 6.45) is 4.42. The number of nitriles is 1. The summed E-state index contributed by atoms with van der Waals surface area (Å²) in [7, 11) is 3.32. The zero-order chi connectivity index (χ0) is 24.7. The third kappa shape index (κ3) is 3.66. The van der Waals surface area contributed by atoms with Gasteiger partial charge < -0.3 is 4.57 Å². The van der Waals surface area contributed by atoms with Gasteiger partial charge in [0.1, 0.15) is 17.4 Å². The fourth-order valence-electron chi connectivity index (χ4n) is 4.20. The third-order valence-electron chi connectivity index (χ3n) is 6.02. The molecule has 0 fully saturated rings. The van der Waals surface area contributed by atoms with Crippen molar-refractivity contribution in [2.75, 3.05) is 0 Å². The summed E-state index contributed by atoms with van der Waals surface area (Å²) in [5.41, 5.74) is -0.0785. The number of pyridine rings is 3. The molecule has 0 saturated heterocycles. The molecule has 0 bridgehead atoms. The van der Waals surface area contributed by atoms with Gasteiger partial charge in [-0.2, -0.15) is 5.26 Å². The van der Waals surface area contributed by atoms with E-state index in [0.717, 1.165) is 0 Å². The summed E-state index contributed by atoms with van der Waals surface area (Å²) in [6.45, 7) is 0. The Labute approximate surface area is 204 Å². The first kappa shape index (κ1) is 22.4. The van der Waals surface area contributed by atoms with Gasteiger partial charge in [-0.1, -0.05) is 29.8 Å². The van der Waals surface area contributed by atoms with Crippen molar-refractivity contribution in [3.63, 3.8) is 0 Å². The predicted molar refractivity (Wildman–Crippen MR) is 131 cm³/mol. The zero-order valence-corrected chi connectivity index (χ0v) is 19.5. The number of hydrogen-bond acceptors (Lipinski definition) is 5. The van der Waals surface area contributed by atoms with E-state index in [1.807, 2.05) is 6.07 Å². The van der Waals surface area contributed by atoms with Crippen LogP contribution in [0.3, 0.4) is 0 Å². The molecule has 0 radical (unpaired) electrons. The van der Waals surface area contributed by atoms with Crippen LogP contribution in [0.2, 0.25) is 5.02 Å². The minimum Gasteiger partial charge on any atom is -0.334 e. The molecule has 7 nitrogen and oxygen atoms in total. The maximum atomic E-state index is 17.3. The normalized spacial score (nSPS) is 12.9. The van der Waals surface area contributed by atoms with E-state index in [4.69, 9.17) is 11.6 Å². The van der Waals surface area contributed by atoms with Crippen LogP contribution < -0.4 is 5.56 Å². The molecule has 0 spiro atoms. The van der Waals surface area contributed by atoms with Gasteiger partial charge in [-0.05, 0) is 35.9 Å². The molecule has 0 aliphatic carbocycles. The van der Waals surface area contributed by atoms with E-state index in [0.29, 0.717) is 38.6 Å². The van der Waals surface area contributed by atoms with Gasteiger partial charge in [0.05, 0.1) is 23.9 Å². The predicted octanol–water partition coefficient (Wildman–Crippen LogP) is 4.52. The molecular formula is C26H18ClFN6O. The van der Waals surface area contributed by atoms with E-state index in [1.165, 1.54) is 29.4 Å². The van der Waals surface area contributed by atoms with E-state index < -0.39 is 5.67 Å². The van der Waals surface area contributed by atoms with Crippen molar-refractivity contribution >= 4 is 22.6 Å². The number of benzene rings is 1. The molecule has 5 rings (SSSR count). The van der Waals surface area contributed by atoms with E-state index in [1.54, 1.807) is 67.2 Å². The Kier molecular flexibility index (Phi) is 5.42. The highest BCUT2D eigenvalue weighted by molar-refractivity contribution is 6.30. The number of aromatic nitrogens is 5. The summed E-state index contributed by atoms with van der Waals surface area (Å²) >= 11 is 6.07. The summed E-state index contributed by atoms with van der Waals surface area (Å²) in [5.74, 6) is 0. The van der Waals surface area contributed by atoms with Gasteiger partial charge in [-0.15, -0.1) is 0 Å². The van der Waals surface area contributed by atoms with Gasteiger partial charge >= 0.3 is 0 Å². The van der Waals surface area contributed by atoms with E-state index in [2.05, 4.69) is 15.0 Å². The quantitative estimate of drug-likeness (QED) is 0.374. The molecule has 1 aromatic carbocycles. The number of fused-ring (bicyclic) bond motifs is 1. The monoisotopic (exact) mass is 484 g/mol. The van der Waals surface area contributed by atoms with Crippen LogP contribution in [-0.2, 0) is 19.8 Å². The standard InChI is InChI=1S/C26H18ClFN6O/c1-33-15-30-14-23(33)26(28,16-6-8-18(27)9-7-16)17-10-21-20(22-5-3-4-19(12-29)32-22)11-24(35)34(2)25(21)31-13-17/h3-11,13-15H,1-2H3. The third-order valence-corrected chi connectivity index (χ3v) is 6.27. The lowest BCUT2D eigenvalue weighted by atomic mass is 9.85. The van der Waals surface area contributed by atoms with Gasteiger partial charge in [0.15, 0.2) is 0 Å². The molecule has 0 aliphatic rings. The van der Waals surface area contributed by atoms with Crippen molar-refractivity contribution < 1.29 is 4.39 Å². The Hall–Kier alpha value is -4.35. The molecule has 9 heteroatoms. The van der Waals surface area contributed by atoms with Crippen LogP contribution in [0.15, 0.2) is 78.1 Å². The number of halogens is 2. The average molecular weight is 485 g/mol. The summed E-state index contributed by atoms with van der Waals surface area (Å²) in [4.78, 5) is 25.6. The minimum atomic E-state index is -2.12. The number of imidazole rings is 1. The average Bonchev–Trinajstić information content (AvgIpc) is 3.32. The lowest BCUT2D eigenvalue weighted by molar-refractivity contribution is 0.266. The van der Waals surface area contributed by atoms with Crippen LogP contribution in [0.25, 0.3) is 22.3 Å². The van der Waals surface area contributed by atoms with Gasteiger partial charge in [0.2, 0.25) is 5.67 Å². The van der Waals surface area contributed by atoms with Gasteiger partial charge in [0.25, 0.3) is 5.56 Å².